The first kappa shape index (κ1) is 14.4. The number of likely N-dealkylation sites (tertiary alicyclic amines) is 1. The number of amides is 1. The molecule has 1 unspecified atom stereocenters. The number of nitrogens with zero attached hydrogens (tertiary/aromatic N) is 2. The summed E-state index contributed by atoms with van der Waals surface area (Å²) >= 11 is 0. The highest BCUT2D eigenvalue weighted by Crippen LogP contribution is 2.23. The fourth-order valence-electron chi connectivity index (χ4n) is 3.53. The number of carbonyl (C=O) groups excluding carboxylic acids is 1. The molecule has 1 saturated carbocycles. The fraction of sp³-hybridized carbons (Fsp3) is 0.647. The number of hydrogen-bond donors (Lipinski definition) is 1. The molecule has 1 aromatic rings. The Balaban J connectivity index is 1.57. The quantitative estimate of drug-likeness (QED) is 0.926. The van der Waals surface area contributed by atoms with Gasteiger partial charge in [-0.25, -0.2) is 4.98 Å². The van der Waals surface area contributed by atoms with Crippen LogP contribution in [0.1, 0.15) is 44.7 Å². The molecule has 1 aliphatic heterocycles. The van der Waals surface area contributed by atoms with Crippen LogP contribution < -0.4 is 5.32 Å². The van der Waals surface area contributed by atoms with Crippen molar-refractivity contribution in [3.63, 3.8) is 0 Å². The average Bonchev–Trinajstić information content (AvgIpc) is 3.11. The van der Waals surface area contributed by atoms with Crippen molar-refractivity contribution in [2.45, 2.75) is 51.5 Å². The van der Waals surface area contributed by atoms with Gasteiger partial charge in [0.25, 0.3) is 0 Å². The molecule has 4 heteroatoms. The van der Waals surface area contributed by atoms with E-state index in [0.717, 1.165) is 37.4 Å². The van der Waals surface area contributed by atoms with Gasteiger partial charge in [0.2, 0.25) is 5.91 Å². The maximum atomic E-state index is 11.4. The highest BCUT2D eigenvalue weighted by Gasteiger charge is 2.24. The molecule has 0 radical (unpaired) electrons. The van der Waals surface area contributed by atoms with E-state index in [0.29, 0.717) is 12.0 Å². The number of aromatic nitrogens is 1. The normalized spacial score (nSPS) is 22.7. The average molecular weight is 287 g/mol. The summed E-state index contributed by atoms with van der Waals surface area (Å²) in [6.07, 6.45) is 7.27. The van der Waals surface area contributed by atoms with Crippen molar-refractivity contribution in [3.8, 4) is 0 Å². The van der Waals surface area contributed by atoms with Gasteiger partial charge in [0.05, 0.1) is 0 Å². The zero-order chi connectivity index (χ0) is 14.7. The second-order valence-electron chi connectivity index (χ2n) is 6.46. The van der Waals surface area contributed by atoms with Crippen LogP contribution in [0.2, 0.25) is 0 Å². The number of rotatable bonds is 4. The molecule has 3 rings (SSSR count). The predicted octanol–water partition coefficient (Wildman–Crippen LogP) is 2.85. The minimum absolute atomic E-state index is 0.196. The lowest BCUT2D eigenvalue weighted by molar-refractivity contribution is -0.127. The molecular formula is C17H25N3O. The van der Waals surface area contributed by atoms with Crippen molar-refractivity contribution in [2.24, 2.45) is 5.92 Å². The van der Waals surface area contributed by atoms with Crippen LogP contribution in [-0.2, 0) is 11.2 Å². The first-order valence-electron chi connectivity index (χ1n) is 8.18. The Hall–Kier alpha value is -1.58. The van der Waals surface area contributed by atoms with Crippen molar-refractivity contribution >= 4 is 11.7 Å². The minimum Gasteiger partial charge on any atom is -0.367 e. The molecule has 1 aliphatic carbocycles. The molecule has 1 N–H and O–H groups in total. The van der Waals surface area contributed by atoms with Gasteiger partial charge < -0.3 is 10.2 Å². The van der Waals surface area contributed by atoms with E-state index in [2.05, 4.69) is 23.5 Å². The largest absolute Gasteiger partial charge is 0.367 e. The van der Waals surface area contributed by atoms with E-state index in [1.165, 1.54) is 25.7 Å². The van der Waals surface area contributed by atoms with Gasteiger partial charge in [0.1, 0.15) is 5.82 Å². The minimum atomic E-state index is 0.196. The second kappa shape index (κ2) is 6.46. The van der Waals surface area contributed by atoms with E-state index in [1.807, 2.05) is 4.90 Å². The van der Waals surface area contributed by atoms with Crippen LogP contribution in [0, 0.1) is 5.92 Å². The molecule has 114 valence electrons. The van der Waals surface area contributed by atoms with Gasteiger partial charge in [-0.15, -0.1) is 0 Å². The van der Waals surface area contributed by atoms with Gasteiger partial charge in [-0.3, -0.25) is 4.79 Å². The van der Waals surface area contributed by atoms with E-state index < -0.39 is 0 Å². The summed E-state index contributed by atoms with van der Waals surface area (Å²) in [5.41, 5.74) is 1.15. The van der Waals surface area contributed by atoms with Crippen molar-refractivity contribution in [1.82, 2.24) is 9.88 Å². The number of anilines is 1. The van der Waals surface area contributed by atoms with E-state index in [4.69, 9.17) is 4.98 Å². The van der Waals surface area contributed by atoms with Crippen molar-refractivity contribution < 1.29 is 4.79 Å². The van der Waals surface area contributed by atoms with Crippen LogP contribution in [0.3, 0.4) is 0 Å². The smallest absolute Gasteiger partial charge is 0.219 e. The van der Waals surface area contributed by atoms with Crippen molar-refractivity contribution in [2.75, 3.05) is 18.4 Å². The summed E-state index contributed by atoms with van der Waals surface area (Å²) in [5.74, 6) is 1.77. The molecule has 2 fully saturated rings. The maximum absolute atomic E-state index is 11.4. The van der Waals surface area contributed by atoms with Crippen LogP contribution in [0.4, 0.5) is 5.82 Å². The first-order chi connectivity index (χ1) is 10.2. The molecule has 21 heavy (non-hydrogen) atoms. The number of carbonyl (C=O) groups is 1. The predicted molar refractivity (Wildman–Crippen MR) is 84.2 cm³/mol. The van der Waals surface area contributed by atoms with E-state index >= 15 is 0 Å². The monoisotopic (exact) mass is 287 g/mol. The Morgan fingerprint density at radius 3 is 2.86 bits per heavy atom. The van der Waals surface area contributed by atoms with Gasteiger partial charge >= 0.3 is 0 Å². The molecule has 2 heterocycles. The van der Waals surface area contributed by atoms with Crippen LogP contribution in [0.25, 0.3) is 0 Å². The van der Waals surface area contributed by atoms with Gasteiger partial charge in [0.15, 0.2) is 0 Å². The molecule has 1 saturated heterocycles. The third kappa shape index (κ3) is 3.74. The Bertz CT molecular complexity index is 497. The maximum Gasteiger partial charge on any atom is 0.219 e. The van der Waals surface area contributed by atoms with Gasteiger partial charge in [-0.2, -0.15) is 0 Å². The molecule has 0 bridgehead atoms. The zero-order valence-electron chi connectivity index (χ0n) is 12.8. The summed E-state index contributed by atoms with van der Waals surface area (Å²) < 4.78 is 0. The number of hydrogen-bond acceptors (Lipinski definition) is 3. The summed E-state index contributed by atoms with van der Waals surface area (Å²) in [6.45, 7) is 3.45. The summed E-state index contributed by atoms with van der Waals surface area (Å²) in [7, 11) is 0. The molecule has 0 aromatic carbocycles. The highest BCUT2D eigenvalue weighted by atomic mass is 16.2. The molecule has 1 atom stereocenters. The Morgan fingerprint density at radius 2 is 2.14 bits per heavy atom. The molecule has 2 aliphatic rings. The third-order valence-electron chi connectivity index (χ3n) is 4.74. The summed E-state index contributed by atoms with van der Waals surface area (Å²) in [6, 6.07) is 6.87. The second-order valence-corrected chi connectivity index (χ2v) is 6.46. The van der Waals surface area contributed by atoms with E-state index in [9.17, 15) is 4.79 Å². The van der Waals surface area contributed by atoms with Gasteiger partial charge in [-0.1, -0.05) is 18.9 Å². The van der Waals surface area contributed by atoms with Crippen molar-refractivity contribution in [3.05, 3.63) is 23.9 Å². The zero-order valence-corrected chi connectivity index (χ0v) is 12.8. The number of pyridine rings is 1. The highest BCUT2D eigenvalue weighted by molar-refractivity contribution is 5.73. The fourth-order valence-corrected chi connectivity index (χ4v) is 3.53. The number of nitrogens with one attached hydrogen (secondary N) is 1. The molecule has 1 amide bonds. The van der Waals surface area contributed by atoms with Crippen LogP contribution in [0.15, 0.2) is 18.2 Å². The first-order valence-corrected chi connectivity index (χ1v) is 8.18. The van der Waals surface area contributed by atoms with Gasteiger partial charge in [-0.05, 0) is 43.7 Å². The van der Waals surface area contributed by atoms with E-state index in [-0.39, 0.29) is 5.91 Å². The Labute approximate surface area is 126 Å². The van der Waals surface area contributed by atoms with Crippen LogP contribution in [-0.4, -0.2) is 34.9 Å². The third-order valence-corrected chi connectivity index (χ3v) is 4.74. The SMILES string of the molecule is CC(=O)N1CCC(Cc2cccc(NC3CCCC3)n2)C1. The van der Waals surface area contributed by atoms with Gasteiger partial charge in [0, 0.05) is 31.7 Å². The molecule has 4 nitrogen and oxygen atoms in total. The van der Waals surface area contributed by atoms with E-state index in [1.54, 1.807) is 6.92 Å². The molecule has 1 aromatic heterocycles. The summed E-state index contributed by atoms with van der Waals surface area (Å²) in [4.78, 5) is 18.1. The summed E-state index contributed by atoms with van der Waals surface area (Å²) in [5, 5.41) is 3.56. The Morgan fingerprint density at radius 1 is 1.33 bits per heavy atom. The van der Waals surface area contributed by atoms with Crippen molar-refractivity contribution in [1.29, 1.82) is 0 Å². The standard InChI is InChI=1S/C17H25N3O/c1-13(21)20-10-9-14(12-20)11-16-7-4-8-17(19-16)18-15-5-2-3-6-15/h4,7-8,14-15H,2-3,5-6,9-12H2,1H3,(H,18,19). The van der Waals surface area contributed by atoms with Crippen LogP contribution >= 0.6 is 0 Å². The lowest BCUT2D eigenvalue weighted by Gasteiger charge is -2.15. The Kier molecular flexibility index (Phi) is 4.42. The van der Waals surface area contributed by atoms with Crippen LogP contribution in [0.5, 0.6) is 0 Å². The lowest BCUT2D eigenvalue weighted by atomic mass is 10.0. The lowest BCUT2D eigenvalue weighted by Crippen LogP contribution is -2.26. The topological polar surface area (TPSA) is 45.2 Å². The molecular weight excluding hydrogens is 262 g/mol. The molecule has 0 spiro atoms.